The second-order valence-electron chi connectivity index (χ2n) is 4.36. The van der Waals surface area contributed by atoms with Crippen molar-refractivity contribution in [3.63, 3.8) is 0 Å². The first-order chi connectivity index (χ1) is 7.10. The fourth-order valence-corrected chi connectivity index (χ4v) is 2.08. The molecule has 1 amide bonds. The third kappa shape index (κ3) is 2.92. The molecule has 1 heterocycles. The maximum atomic E-state index is 11.8. The molecule has 4 nitrogen and oxygen atoms in total. The summed E-state index contributed by atoms with van der Waals surface area (Å²) in [5, 5.41) is 3.29. The van der Waals surface area contributed by atoms with Crippen LogP contribution in [0.3, 0.4) is 0 Å². The molecule has 3 unspecified atom stereocenters. The second-order valence-corrected chi connectivity index (χ2v) is 4.36. The molecule has 1 rings (SSSR count). The lowest BCUT2D eigenvalue weighted by Gasteiger charge is -2.26. The third-order valence-corrected chi connectivity index (χ3v) is 2.82. The van der Waals surface area contributed by atoms with Gasteiger partial charge >= 0.3 is 0 Å². The summed E-state index contributed by atoms with van der Waals surface area (Å²) < 4.78 is 5.09. The van der Waals surface area contributed by atoms with Crippen LogP contribution in [-0.2, 0) is 9.53 Å². The molecule has 0 radical (unpaired) electrons. The number of nitrogens with one attached hydrogen (secondary N) is 1. The largest absolute Gasteiger partial charge is 0.384 e. The zero-order chi connectivity index (χ0) is 11.4. The zero-order valence-electron chi connectivity index (χ0n) is 10.1. The van der Waals surface area contributed by atoms with Gasteiger partial charge in [0.15, 0.2) is 0 Å². The molecule has 3 atom stereocenters. The number of methoxy groups -OCH3 is 1. The van der Waals surface area contributed by atoms with E-state index in [9.17, 15) is 4.79 Å². The molecule has 1 fully saturated rings. The van der Waals surface area contributed by atoms with Crippen molar-refractivity contribution in [3.05, 3.63) is 0 Å². The monoisotopic (exact) mass is 214 g/mol. The van der Waals surface area contributed by atoms with Crippen LogP contribution in [0.1, 0.15) is 27.2 Å². The van der Waals surface area contributed by atoms with E-state index in [1.165, 1.54) is 0 Å². The summed E-state index contributed by atoms with van der Waals surface area (Å²) in [6.07, 6.45) is 1.15. The predicted molar refractivity (Wildman–Crippen MR) is 59.4 cm³/mol. The summed E-state index contributed by atoms with van der Waals surface area (Å²) >= 11 is 0. The Morgan fingerprint density at radius 2 is 2.27 bits per heavy atom. The molecule has 88 valence electrons. The first-order valence-electron chi connectivity index (χ1n) is 5.65. The van der Waals surface area contributed by atoms with Gasteiger partial charge in [-0.15, -0.1) is 0 Å². The van der Waals surface area contributed by atoms with E-state index in [2.05, 4.69) is 19.2 Å². The smallest absolute Gasteiger partial charge is 0.240 e. The number of carbonyl (C=O) groups excluding carboxylic acids is 1. The highest BCUT2D eigenvalue weighted by atomic mass is 16.5. The molecule has 0 spiro atoms. The van der Waals surface area contributed by atoms with Gasteiger partial charge in [0.05, 0.1) is 18.8 Å². The lowest BCUT2D eigenvalue weighted by molar-refractivity contribution is -0.130. The van der Waals surface area contributed by atoms with Gasteiger partial charge in [0.1, 0.15) is 0 Å². The fourth-order valence-electron chi connectivity index (χ4n) is 2.08. The van der Waals surface area contributed by atoms with Gasteiger partial charge in [-0.1, -0.05) is 13.8 Å². The SMILES string of the molecule is CCC1NC(C)C(=O)N1CC(C)COC. The van der Waals surface area contributed by atoms with Crippen molar-refractivity contribution in [1.82, 2.24) is 10.2 Å². The average molecular weight is 214 g/mol. The number of carbonyl (C=O) groups is 1. The Kier molecular flexibility index (Phi) is 4.54. The van der Waals surface area contributed by atoms with Crippen LogP contribution >= 0.6 is 0 Å². The van der Waals surface area contributed by atoms with Crippen LogP contribution in [0.5, 0.6) is 0 Å². The average Bonchev–Trinajstić information content (AvgIpc) is 2.46. The molecule has 0 saturated carbocycles. The van der Waals surface area contributed by atoms with Crippen molar-refractivity contribution in [2.75, 3.05) is 20.3 Å². The number of hydrogen-bond acceptors (Lipinski definition) is 3. The lowest BCUT2D eigenvalue weighted by atomic mass is 10.1. The summed E-state index contributed by atoms with van der Waals surface area (Å²) in [4.78, 5) is 13.8. The number of nitrogens with zero attached hydrogens (tertiary/aromatic N) is 1. The van der Waals surface area contributed by atoms with Gasteiger partial charge in [0, 0.05) is 13.7 Å². The molecule has 1 aliphatic heterocycles. The Balaban J connectivity index is 2.54. The summed E-state index contributed by atoms with van der Waals surface area (Å²) in [5.41, 5.74) is 0. The molecule has 4 heteroatoms. The molecule has 0 aromatic rings. The maximum Gasteiger partial charge on any atom is 0.240 e. The Morgan fingerprint density at radius 3 is 2.80 bits per heavy atom. The quantitative estimate of drug-likeness (QED) is 0.737. The molecule has 1 saturated heterocycles. The number of ether oxygens (including phenoxy) is 1. The molecule has 0 aromatic heterocycles. The van der Waals surface area contributed by atoms with E-state index < -0.39 is 0 Å². The Labute approximate surface area is 92.0 Å². The number of hydrogen-bond donors (Lipinski definition) is 1. The van der Waals surface area contributed by atoms with Crippen molar-refractivity contribution in [1.29, 1.82) is 0 Å². The summed E-state index contributed by atoms with van der Waals surface area (Å²) in [5.74, 6) is 0.602. The Hall–Kier alpha value is -0.610. The topological polar surface area (TPSA) is 41.6 Å². The van der Waals surface area contributed by atoms with E-state index in [1.54, 1.807) is 7.11 Å². The zero-order valence-corrected chi connectivity index (χ0v) is 10.1. The normalized spacial score (nSPS) is 28.5. The van der Waals surface area contributed by atoms with Crippen molar-refractivity contribution in [3.8, 4) is 0 Å². The first kappa shape index (κ1) is 12.5. The van der Waals surface area contributed by atoms with Crippen molar-refractivity contribution >= 4 is 5.91 Å². The van der Waals surface area contributed by atoms with Gasteiger partial charge in [-0.3, -0.25) is 10.1 Å². The van der Waals surface area contributed by atoms with Crippen LogP contribution < -0.4 is 5.32 Å². The molecule has 0 aromatic carbocycles. The Bertz CT molecular complexity index is 221. The molecule has 15 heavy (non-hydrogen) atoms. The Morgan fingerprint density at radius 1 is 1.60 bits per heavy atom. The highest BCUT2D eigenvalue weighted by Crippen LogP contribution is 2.15. The highest BCUT2D eigenvalue weighted by molar-refractivity contribution is 5.83. The van der Waals surface area contributed by atoms with Crippen LogP contribution in [-0.4, -0.2) is 43.3 Å². The van der Waals surface area contributed by atoms with Gasteiger partial charge in [0.2, 0.25) is 5.91 Å². The third-order valence-electron chi connectivity index (χ3n) is 2.82. The van der Waals surface area contributed by atoms with Crippen LogP contribution in [0.2, 0.25) is 0 Å². The van der Waals surface area contributed by atoms with Gasteiger partial charge < -0.3 is 9.64 Å². The molecule has 0 bridgehead atoms. The summed E-state index contributed by atoms with van der Waals surface area (Å²) in [6.45, 7) is 7.60. The minimum atomic E-state index is -0.0373. The van der Waals surface area contributed by atoms with E-state index >= 15 is 0 Å². The van der Waals surface area contributed by atoms with E-state index in [-0.39, 0.29) is 18.1 Å². The summed E-state index contributed by atoms with van der Waals surface area (Å²) in [7, 11) is 1.69. The summed E-state index contributed by atoms with van der Waals surface area (Å²) in [6, 6.07) is -0.0373. The molecule has 0 aliphatic carbocycles. The molecular weight excluding hydrogens is 192 g/mol. The van der Waals surface area contributed by atoms with E-state index in [0.29, 0.717) is 12.5 Å². The second kappa shape index (κ2) is 5.47. The van der Waals surface area contributed by atoms with E-state index in [1.807, 2.05) is 11.8 Å². The van der Waals surface area contributed by atoms with Crippen LogP contribution in [0, 0.1) is 5.92 Å². The van der Waals surface area contributed by atoms with Crippen LogP contribution in [0.15, 0.2) is 0 Å². The first-order valence-corrected chi connectivity index (χ1v) is 5.65. The maximum absolute atomic E-state index is 11.8. The number of amides is 1. The van der Waals surface area contributed by atoms with Crippen molar-refractivity contribution in [2.24, 2.45) is 5.92 Å². The van der Waals surface area contributed by atoms with Gasteiger partial charge in [-0.05, 0) is 19.3 Å². The van der Waals surface area contributed by atoms with E-state index in [4.69, 9.17) is 4.74 Å². The minimum Gasteiger partial charge on any atom is -0.384 e. The van der Waals surface area contributed by atoms with Gasteiger partial charge in [-0.2, -0.15) is 0 Å². The van der Waals surface area contributed by atoms with Gasteiger partial charge in [0.25, 0.3) is 0 Å². The molecule has 1 N–H and O–H groups in total. The standard InChI is InChI=1S/C11H22N2O2/c1-5-10-12-9(3)11(14)13(10)6-8(2)7-15-4/h8-10,12H,5-7H2,1-4H3. The van der Waals surface area contributed by atoms with Crippen molar-refractivity contribution in [2.45, 2.75) is 39.4 Å². The van der Waals surface area contributed by atoms with Gasteiger partial charge in [-0.25, -0.2) is 0 Å². The predicted octanol–water partition coefficient (Wildman–Crippen LogP) is 0.825. The number of rotatable bonds is 5. The minimum absolute atomic E-state index is 0.0373. The molecular formula is C11H22N2O2. The van der Waals surface area contributed by atoms with Crippen LogP contribution in [0.25, 0.3) is 0 Å². The van der Waals surface area contributed by atoms with Crippen LogP contribution in [0.4, 0.5) is 0 Å². The fraction of sp³-hybridized carbons (Fsp3) is 0.909. The van der Waals surface area contributed by atoms with Crippen molar-refractivity contribution < 1.29 is 9.53 Å². The lowest BCUT2D eigenvalue weighted by Crippen LogP contribution is -2.40. The molecule has 1 aliphatic rings. The highest BCUT2D eigenvalue weighted by Gasteiger charge is 2.35. The van der Waals surface area contributed by atoms with E-state index in [0.717, 1.165) is 13.0 Å².